The van der Waals surface area contributed by atoms with Gasteiger partial charge in [-0.15, -0.1) is 0 Å². The van der Waals surface area contributed by atoms with Crippen molar-refractivity contribution in [3.8, 4) is 0 Å². The van der Waals surface area contributed by atoms with Crippen LogP contribution in [0.2, 0.25) is 5.02 Å². The number of benzene rings is 1. The van der Waals surface area contributed by atoms with Crippen LogP contribution in [0.1, 0.15) is 28.4 Å². The first-order chi connectivity index (χ1) is 12.1. The van der Waals surface area contributed by atoms with Crippen molar-refractivity contribution in [3.05, 3.63) is 71.3 Å². The van der Waals surface area contributed by atoms with Gasteiger partial charge >= 0.3 is 0 Å². The third kappa shape index (κ3) is 3.01. The zero-order valence-electron chi connectivity index (χ0n) is 13.7. The minimum absolute atomic E-state index is 0.0106. The molecule has 1 aliphatic heterocycles. The van der Waals surface area contributed by atoms with Crippen molar-refractivity contribution < 1.29 is 4.79 Å². The van der Waals surface area contributed by atoms with Gasteiger partial charge in [0.2, 0.25) is 0 Å². The molecule has 2 atom stereocenters. The summed E-state index contributed by atoms with van der Waals surface area (Å²) in [5.41, 5.74) is 9.07. The summed E-state index contributed by atoms with van der Waals surface area (Å²) in [5.74, 6) is 0.204. The van der Waals surface area contributed by atoms with E-state index in [9.17, 15) is 4.79 Å². The standard InChI is InChI=1S/C19H19ClN4O/c20-14-4-1-3-13(9-14)16-7-8-23(11-17(16)21)19(25)18-6-2-5-15-10-22-12-24(15)18/h1-6,9-10,12,16-17H,7-8,11,21H2/t16-,17+/m0/s1. The van der Waals surface area contributed by atoms with Crippen molar-refractivity contribution >= 4 is 23.0 Å². The van der Waals surface area contributed by atoms with Gasteiger partial charge in [0.1, 0.15) is 5.69 Å². The van der Waals surface area contributed by atoms with Gasteiger partial charge in [0.05, 0.1) is 18.0 Å². The first-order valence-electron chi connectivity index (χ1n) is 8.35. The molecule has 0 saturated carbocycles. The highest BCUT2D eigenvalue weighted by Crippen LogP contribution is 2.29. The maximum atomic E-state index is 13.0. The van der Waals surface area contributed by atoms with Gasteiger partial charge in [0, 0.05) is 30.1 Å². The fourth-order valence-corrected chi connectivity index (χ4v) is 3.80. The SMILES string of the molecule is N[C@@H]1CN(C(=O)c2cccc3cncn23)CC[C@H]1c1cccc(Cl)c1. The maximum absolute atomic E-state index is 13.0. The third-order valence-corrected chi connectivity index (χ3v) is 5.12. The van der Waals surface area contributed by atoms with E-state index in [2.05, 4.69) is 11.1 Å². The fourth-order valence-electron chi connectivity index (χ4n) is 3.60. The highest BCUT2D eigenvalue weighted by molar-refractivity contribution is 6.30. The van der Waals surface area contributed by atoms with Gasteiger partial charge in [0.15, 0.2) is 0 Å². The molecule has 3 aromatic rings. The Labute approximate surface area is 151 Å². The summed E-state index contributed by atoms with van der Waals surface area (Å²) < 4.78 is 1.82. The van der Waals surface area contributed by atoms with E-state index in [0.29, 0.717) is 18.8 Å². The lowest BCUT2D eigenvalue weighted by atomic mass is 9.85. The van der Waals surface area contributed by atoms with Crippen molar-refractivity contribution in [3.63, 3.8) is 0 Å². The van der Waals surface area contributed by atoms with E-state index in [4.69, 9.17) is 17.3 Å². The van der Waals surface area contributed by atoms with E-state index < -0.39 is 0 Å². The van der Waals surface area contributed by atoms with Gasteiger partial charge in [-0.1, -0.05) is 29.8 Å². The number of pyridine rings is 1. The Bertz CT molecular complexity index is 922. The number of fused-ring (bicyclic) bond motifs is 1. The van der Waals surface area contributed by atoms with Gasteiger partial charge < -0.3 is 10.6 Å². The van der Waals surface area contributed by atoms with Gasteiger partial charge in [-0.2, -0.15) is 0 Å². The van der Waals surface area contributed by atoms with Crippen LogP contribution in [0.25, 0.3) is 5.52 Å². The molecule has 0 spiro atoms. The highest BCUT2D eigenvalue weighted by atomic mass is 35.5. The van der Waals surface area contributed by atoms with E-state index >= 15 is 0 Å². The van der Waals surface area contributed by atoms with Crippen molar-refractivity contribution in [2.75, 3.05) is 13.1 Å². The number of hydrogen-bond acceptors (Lipinski definition) is 3. The van der Waals surface area contributed by atoms with Gasteiger partial charge in [-0.3, -0.25) is 9.20 Å². The molecule has 2 aromatic heterocycles. The number of imidazole rings is 1. The van der Waals surface area contributed by atoms with Crippen LogP contribution in [-0.2, 0) is 0 Å². The number of nitrogens with zero attached hydrogens (tertiary/aromatic N) is 3. The summed E-state index contributed by atoms with van der Waals surface area (Å²) in [6.45, 7) is 1.20. The topological polar surface area (TPSA) is 63.6 Å². The molecule has 25 heavy (non-hydrogen) atoms. The molecule has 0 radical (unpaired) electrons. The predicted molar refractivity (Wildman–Crippen MR) is 97.9 cm³/mol. The molecule has 128 valence electrons. The number of nitrogens with two attached hydrogens (primary N) is 1. The van der Waals surface area contributed by atoms with E-state index in [1.165, 1.54) is 0 Å². The van der Waals surface area contributed by atoms with Crippen molar-refractivity contribution in [1.29, 1.82) is 0 Å². The first kappa shape index (κ1) is 16.1. The molecule has 1 saturated heterocycles. The molecular formula is C19H19ClN4O. The summed E-state index contributed by atoms with van der Waals surface area (Å²) in [6, 6.07) is 13.4. The molecular weight excluding hydrogens is 336 g/mol. The molecule has 1 amide bonds. The lowest BCUT2D eigenvalue weighted by Crippen LogP contribution is -2.49. The number of piperidine rings is 1. The van der Waals surface area contributed by atoms with Crippen LogP contribution in [0.3, 0.4) is 0 Å². The van der Waals surface area contributed by atoms with E-state index in [1.807, 2.05) is 45.7 Å². The Morgan fingerprint density at radius 1 is 1.24 bits per heavy atom. The molecule has 0 bridgehead atoms. The lowest BCUT2D eigenvalue weighted by molar-refractivity contribution is 0.0686. The molecule has 5 nitrogen and oxygen atoms in total. The monoisotopic (exact) mass is 354 g/mol. The number of rotatable bonds is 2. The molecule has 1 aromatic carbocycles. The van der Waals surface area contributed by atoms with Gasteiger partial charge in [-0.25, -0.2) is 4.98 Å². The minimum atomic E-state index is -0.113. The molecule has 0 unspecified atom stereocenters. The summed E-state index contributed by atoms with van der Waals surface area (Å²) in [7, 11) is 0. The number of carbonyl (C=O) groups is 1. The van der Waals surface area contributed by atoms with Crippen molar-refractivity contribution in [2.24, 2.45) is 5.73 Å². The Balaban J connectivity index is 1.54. The van der Waals surface area contributed by atoms with Gasteiger partial charge in [-0.05, 0) is 36.2 Å². The number of amides is 1. The zero-order chi connectivity index (χ0) is 17.4. The Hall–Kier alpha value is -2.37. The highest BCUT2D eigenvalue weighted by Gasteiger charge is 2.31. The average molecular weight is 355 g/mol. The quantitative estimate of drug-likeness (QED) is 0.769. The second-order valence-corrected chi connectivity index (χ2v) is 6.90. The lowest BCUT2D eigenvalue weighted by Gasteiger charge is -2.37. The Kier molecular flexibility index (Phi) is 4.19. The van der Waals surface area contributed by atoms with Crippen molar-refractivity contribution in [1.82, 2.24) is 14.3 Å². The van der Waals surface area contributed by atoms with Crippen LogP contribution in [-0.4, -0.2) is 39.3 Å². The largest absolute Gasteiger partial charge is 0.336 e. The van der Waals surface area contributed by atoms with Crippen LogP contribution >= 0.6 is 11.6 Å². The van der Waals surface area contributed by atoms with Gasteiger partial charge in [0.25, 0.3) is 5.91 Å². The van der Waals surface area contributed by atoms with E-state index in [1.54, 1.807) is 12.5 Å². The molecule has 1 fully saturated rings. The molecule has 4 rings (SSSR count). The predicted octanol–water partition coefficient (Wildman–Crippen LogP) is 2.94. The summed E-state index contributed by atoms with van der Waals surface area (Å²) in [5, 5.41) is 0.718. The number of carbonyl (C=O) groups excluding carboxylic acids is 1. The summed E-state index contributed by atoms with van der Waals surface area (Å²) >= 11 is 6.10. The second kappa shape index (κ2) is 6.50. The number of likely N-dealkylation sites (tertiary alicyclic amines) is 1. The zero-order valence-corrected chi connectivity index (χ0v) is 14.4. The van der Waals surface area contributed by atoms with Crippen LogP contribution in [0, 0.1) is 0 Å². The Morgan fingerprint density at radius 2 is 2.08 bits per heavy atom. The molecule has 0 aliphatic carbocycles. The molecule has 1 aliphatic rings. The smallest absolute Gasteiger partial charge is 0.270 e. The van der Waals surface area contributed by atoms with Crippen LogP contribution < -0.4 is 5.73 Å². The van der Waals surface area contributed by atoms with Crippen LogP contribution in [0.4, 0.5) is 0 Å². The Morgan fingerprint density at radius 3 is 2.88 bits per heavy atom. The van der Waals surface area contributed by atoms with E-state index in [-0.39, 0.29) is 17.9 Å². The summed E-state index contributed by atoms with van der Waals surface area (Å²) in [6.07, 6.45) is 4.24. The average Bonchev–Trinajstić information content (AvgIpc) is 3.09. The maximum Gasteiger partial charge on any atom is 0.270 e. The third-order valence-electron chi connectivity index (χ3n) is 4.89. The molecule has 6 heteroatoms. The van der Waals surface area contributed by atoms with E-state index in [0.717, 1.165) is 22.5 Å². The minimum Gasteiger partial charge on any atom is -0.336 e. The van der Waals surface area contributed by atoms with Crippen molar-refractivity contribution in [2.45, 2.75) is 18.4 Å². The van der Waals surface area contributed by atoms with Crippen LogP contribution in [0.5, 0.6) is 0 Å². The van der Waals surface area contributed by atoms with Crippen LogP contribution in [0.15, 0.2) is 55.0 Å². The number of hydrogen-bond donors (Lipinski definition) is 1. The fraction of sp³-hybridized carbons (Fsp3) is 0.263. The number of halogens is 1. The molecule has 2 N–H and O–H groups in total. The second-order valence-electron chi connectivity index (χ2n) is 6.46. The summed E-state index contributed by atoms with van der Waals surface area (Å²) in [4.78, 5) is 18.9. The number of aromatic nitrogens is 2. The first-order valence-corrected chi connectivity index (χ1v) is 8.72. The normalized spacial score (nSPS) is 20.8. The molecule has 3 heterocycles.